The van der Waals surface area contributed by atoms with Gasteiger partial charge >= 0.3 is 0 Å². The zero-order valence-corrected chi connectivity index (χ0v) is 13.6. The fourth-order valence-electron chi connectivity index (χ4n) is 2.27. The molecule has 21 heavy (non-hydrogen) atoms. The molecule has 3 heteroatoms. The van der Waals surface area contributed by atoms with Crippen LogP contribution in [0.5, 0.6) is 5.75 Å². The van der Waals surface area contributed by atoms with E-state index in [1.807, 2.05) is 26.0 Å². The van der Waals surface area contributed by atoms with Gasteiger partial charge in [0, 0.05) is 17.8 Å². The highest BCUT2D eigenvalue weighted by molar-refractivity contribution is 5.87. The minimum absolute atomic E-state index is 0.0592. The predicted molar refractivity (Wildman–Crippen MR) is 89.0 cm³/mol. The molecule has 0 fully saturated rings. The number of benzene rings is 2. The SMILES string of the molecule is CCOC(C)Oc1ccc2cc(NC(C)(C)C)ccc2c1. The molecule has 0 spiro atoms. The van der Waals surface area contributed by atoms with Gasteiger partial charge in [0.15, 0.2) is 6.29 Å². The highest BCUT2D eigenvalue weighted by Crippen LogP contribution is 2.26. The number of anilines is 1. The molecule has 0 amide bonds. The van der Waals surface area contributed by atoms with Crippen molar-refractivity contribution >= 4 is 16.5 Å². The number of nitrogens with one attached hydrogen (secondary N) is 1. The van der Waals surface area contributed by atoms with Crippen molar-refractivity contribution in [2.24, 2.45) is 0 Å². The molecule has 0 saturated carbocycles. The van der Waals surface area contributed by atoms with Crippen LogP contribution in [0.4, 0.5) is 5.69 Å². The van der Waals surface area contributed by atoms with Gasteiger partial charge in [-0.25, -0.2) is 0 Å². The molecule has 0 aliphatic heterocycles. The lowest BCUT2D eigenvalue weighted by Gasteiger charge is -2.22. The van der Waals surface area contributed by atoms with Gasteiger partial charge in [0.25, 0.3) is 0 Å². The van der Waals surface area contributed by atoms with Crippen molar-refractivity contribution in [1.82, 2.24) is 0 Å². The Bertz CT molecular complexity index is 602. The summed E-state index contributed by atoms with van der Waals surface area (Å²) in [4.78, 5) is 0. The average Bonchev–Trinajstić information content (AvgIpc) is 2.37. The Balaban J connectivity index is 2.19. The highest BCUT2D eigenvalue weighted by atomic mass is 16.7. The molecule has 1 N–H and O–H groups in total. The molecule has 0 saturated heterocycles. The van der Waals surface area contributed by atoms with Crippen LogP contribution < -0.4 is 10.1 Å². The van der Waals surface area contributed by atoms with E-state index in [4.69, 9.17) is 9.47 Å². The Hall–Kier alpha value is -1.74. The second-order valence-corrected chi connectivity index (χ2v) is 6.24. The van der Waals surface area contributed by atoms with Gasteiger partial charge in [0.05, 0.1) is 0 Å². The van der Waals surface area contributed by atoms with Crippen molar-refractivity contribution in [1.29, 1.82) is 0 Å². The third-order valence-electron chi connectivity index (χ3n) is 3.03. The summed E-state index contributed by atoms with van der Waals surface area (Å²) in [6.07, 6.45) is -0.228. The van der Waals surface area contributed by atoms with Crippen LogP contribution in [-0.4, -0.2) is 18.4 Å². The minimum Gasteiger partial charge on any atom is -0.465 e. The molecular formula is C18H25NO2. The molecule has 1 unspecified atom stereocenters. The summed E-state index contributed by atoms with van der Waals surface area (Å²) < 4.78 is 11.1. The maximum Gasteiger partial charge on any atom is 0.196 e. The van der Waals surface area contributed by atoms with Crippen molar-refractivity contribution in [3.05, 3.63) is 36.4 Å². The highest BCUT2D eigenvalue weighted by Gasteiger charge is 2.10. The van der Waals surface area contributed by atoms with Crippen LogP contribution in [0, 0.1) is 0 Å². The van der Waals surface area contributed by atoms with E-state index in [-0.39, 0.29) is 11.8 Å². The molecular weight excluding hydrogens is 262 g/mol. The van der Waals surface area contributed by atoms with Crippen molar-refractivity contribution in [3.8, 4) is 5.75 Å². The quantitative estimate of drug-likeness (QED) is 0.800. The second kappa shape index (κ2) is 6.35. The normalized spacial score (nSPS) is 13.2. The van der Waals surface area contributed by atoms with Gasteiger partial charge in [-0.2, -0.15) is 0 Å². The zero-order valence-electron chi connectivity index (χ0n) is 13.6. The van der Waals surface area contributed by atoms with E-state index in [1.165, 1.54) is 5.39 Å². The maximum atomic E-state index is 5.74. The van der Waals surface area contributed by atoms with Crippen LogP contribution in [0.2, 0.25) is 0 Å². The number of hydrogen-bond acceptors (Lipinski definition) is 3. The predicted octanol–water partition coefficient (Wildman–Crippen LogP) is 4.81. The first kappa shape index (κ1) is 15.6. The molecule has 114 valence electrons. The van der Waals surface area contributed by atoms with Crippen molar-refractivity contribution in [3.63, 3.8) is 0 Å². The van der Waals surface area contributed by atoms with Gasteiger partial charge in [-0.15, -0.1) is 0 Å². The Morgan fingerprint density at radius 2 is 1.71 bits per heavy atom. The van der Waals surface area contributed by atoms with Gasteiger partial charge in [0.2, 0.25) is 0 Å². The Morgan fingerprint density at radius 3 is 2.38 bits per heavy atom. The molecule has 2 aromatic carbocycles. The average molecular weight is 287 g/mol. The molecule has 0 aliphatic rings. The van der Waals surface area contributed by atoms with Crippen LogP contribution in [0.25, 0.3) is 10.8 Å². The van der Waals surface area contributed by atoms with E-state index >= 15 is 0 Å². The topological polar surface area (TPSA) is 30.5 Å². The summed E-state index contributed by atoms with van der Waals surface area (Å²) in [5, 5.41) is 5.84. The first-order valence-electron chi connectivity index (χ1n) is 7.47. The van der Waals surface area contributed by atoms with Crippen LogP contribution in [0.3, 0.4) is 0 Å². The molecule has 0 radical (unpaired) electrons. The summed E-state index contributed by atoms with van der Waals surface area (Å²) in [7, 11) is 0. The van der Waals surface area contributed by atoms with Gasteiger partial charge in [-0.05, 0) is 69.7 Å². The number of ether oxygens (including phenoxy) is 2. The number of hydrogen-bond donors (Lipinski definition) is 1. The Morgan fingerprint density at radius 1 is 1.05 bits per heavy atom. The van der Waals surface area contributed by atoms with Crippen molar-refractivity contribution in [2.75, 3.05) is 11.9 Å². The minimum atomic E-state index is -0.228. The van der Waals surface area contributed by atoms with Gasteiger partial charge in [-0.1, -0.05) is 12.1 Å². The first-order chi connectivity index (χ1) is 9.87. The molecule has 0 aliphatic carbocycles. The zero-order chi connectivity index (χ0) is 15.5. The third-order valence-corrected chi connectivity index (χ3v) is 3.03. The van der Waals surface area contributed by atoms with Crippen LogP contribution in [-0.2, 0) is 4.74 Å². The molecule has 0 aromatic heterocycles. The van der Waals surface area contributed by atoms with Crippen molar-refractivity contribution < 1.29 is 9.47 Å². The summed E-state index contributed by atoms with van der Waals surface area (Å²) in [6, 6.07) is 12.5. The Labute approximate surface area is 127 Å². The molecule has 0 heterocycles. The molecule has 2 rings (SSSR count). The maximum absolute atomic E-state index is 5.74. The van der Waals surface area contributed by atoms with Gasteiger partial charge in [0.1, 0.15) is 5.75 Å². The Kier molecular flexibility index (Phi) is 4.73. The lowest BCUT2D eigenvalue weighted by Crippen LogP contribution is -2.25. The van der Waals surface area contributed by atoms with E-state index in [0.29, 0.717) is 6.61 Å². The van der Waals surface area contributed by atoms with E-state index in [9.17, 15) is 0 Å². The first-order valence-corrected chi connectivity index (χ1v) is 7.47. The molecule has 1 atom stereocenters. The van der Waals surface area contributed by atoms with Crippen molar-refractivity contribution in [2.45, 2.75) is 46.4 Å². The monoisotopic (exact) mass is 287 g/mol. The number of rotatable bonds is 5. The van der Waals surface area contributed by atoms with Crippen LogP contribution >= 0.6 is 0 Å². The summed E-state index contributed by atoms with van der Waals surface area (Å²) >= 11 is 0. The molecule has 0 bridgehead atoms. The molecule has 3 nitrogen and oxygen atoms in total. The van der Waals surface area contributed by atoms with Crippen LogP contribution in [0.1, 0.15) is 34.6 Å². The summed E-state index contributed by atoms with van der Waals surface area (Å²) in [6.45, 7) is 11.0. The summed E-state index contributed by atoms with van der Waals surface area (Å²) in [5.74, 6) is 0.833. The van der Waals surface area contributed by atoms with E-state index < -0.39 is 0 Å². The number of fused-ring (bicyclic) bond motifs is 1. The van der Waals surface area contributed by atoms with Gasteiger partial charge in [-0.3, -0.25) is 0 Å². The fraction of sp³-hybridized carbons (Fsp3) is 0.444. The lowest BCUT2D eigenvalue weighted by atomic mass is 10.1. The van der Waals surface area contributed by atoms with E-state index in [1.54, 1.807) is 0 Å². The molecule has 2 aromatic rings. The summed E-state index contributed by atoms with van der Waals surface area (Å²) in [5.41, 5.74) is 1.19. The van der Waals surface area contributed by atoms with Crippen LogP contribution in [0.15, 0.2) is 36.4 Å². The largest absolute Gasteiger partial charge is 0.465 e. The second-order valence-electron chi connectivity index (χ2n) is 6.24. The lowest BCUT2D eigenvalue weighted by molar-refractivity contribution is -0.0612. The van der Waals surface area contributed by atoms with E-state index in [2.05, 4.69) is 50.4 Å². The fourth-order valence-corrected chi connectivity index (χ4v) is 2.27. The smallest absolute Gasteiger partial charge is 0.196 e. The third kappa shape index (κ3) is 4.64. The van der Waals surface area contributed by atoms with E-state index in [0.717, 1.165) is 16.8 Å². The standard InChI is InChI=1S/C18H25NO2/c1-6-20-13(2)21-17-10-8-14-11-16(19-18(3,4)5)9-7-15(14)12-17/h7-13,19H,6H2,1-5H3. The van der Waals surface area contributed by atoms with Gasteiger partial charge < -0.3 is 14.8 Å².